The van der Waals surface area contributed by atoms with Crippen molar-refractivity contribution in [3.8, 4) is 16.9 Å². The summed E-state index contributed by atoms with van der Waals surface area (Å²) in [5.74, 6) is 0.766. The minimum atomic E-state index is -0.531. The number of nitrogens with zero attached hydrogens (tertiary/aromatic N) is 3. The first-order valence-corrected chi connectivity index (χ1v) is 11.3. The zero-order chi connectivity index (χ0) is 22.3. The molecule has 1 atom stereocenters. The summed E-state index contributed by atoms with van der Waals surface area (Å²) in [4.78, 5) is 9.17. The highest BCUT2D eigenvalue weighted by Crippen LogP contribution is 2.33. The first kappa shape index (κ1) is 22.7. The van der Waals surface area contributed by atoms with Gasteiger partial charge in [0.25, 0.3) is 0 Å². The Morgan fingerprint density at radius 2 is 1.81 bits per heavy atom. The number of hydrogen-bond donors (Lipinski definition) is 1. The van der Waals surface area contributed by atoms with Crippen LogP contribution >= 0.6 is 0 Å². The molecule has 0 amide bonds. The van der Waals surface area contributed by atoms with Gasteiger partial charge in [0, 0.05) is 63.8 Å². The van der Waals surface area contributed by atoms with Crippen molar-refractivity contribution in [3.63, 3.8) is 0 Å². The van der Waals surface area contributed by atoms with Gasteiger partial charge in [-0.2, -0.15) is 0 Å². The highest BCUT2D eigenvalue weighted by atomic mass is 16.5. The van der Waals surface area contributed by atoms with Crippen molar-refractivity contribution in [3.05, 3.63) is 60.4 Å². The Hall–Kier alpha value is -2.51. The van der Waals surface area contributed by atoms with Crippen LogP contribution < -0.4 is 4.74 Å². The average Bonchev–Trinajstić information content (AvgIpc) is 2.82. The van der Waals surface area contributed by atoms with E-state index in [9.17, 15) is 5.11 Å². The Morgan fingerprint density at radius 3 is 2.56 bits per heavy atom. The number of pyridine rings is 1. The van der Waals surface area contributed by atoms with E-state index < -0.39 is 6.10 Å². The summed E-state index contributed by atoms with van der Waals surface area (Å²) in [5.41, 5.74) is 3.14. The molecule has 1 aliphatic rings. The van der Waals surface area contributed by atoms with E-state index in [0.717, 1.165) is 72.7 Å². The summed E-state index contributed by atoms with van der Waals surface area (Å²) >= 11 is 0. The molecule has 1 N–H and O–H groups in total. The largest absolute Gasteiger partial charge is 0.491 e. The van der Waals surface area contributed by atoms with Crippen molar-refractivity contribution in [2.24, 2.45) is 0 Å². The maximum Gasteiger partial charge on any atom is 0.120 e. The number of ether oxygens (including phenoxy) is 2. The summed E-state index contributed by atoms with van der Waals surface area (Å²) < 4.78 is 11.2. The molecule has 0 radical (unpaired) electrons. The van der Waals surface area contributed by atoms with Gasteiger partial charge in [-0.05, 0) is 41.5 Å². The smallest absolute Gasteiger partial charge is 0.120 e. The predicted molar refractivity (Wildman–Crippen MR) is 128 cm³/mol. The Bertz CT molecular complexity index is 1000. The number of aliphatic hydroxyl groups is 1. The molecule has 3 aromatic rings. The van der Waals surface area contributed by atoms with Gasteiger partial charge in [-0.15, -0.1) is 0 Å². The minimum Gasteiger partial charge on any atom is -0.491 e. The van der Waals surface area contributed by atoms with Crippen LogP contribution in [0.15, 0.2) is 54.7 Å². The number of aryl methyl sites for hydroxylation is 1. The zero-order valence-electron chi connectivity index (χ0n) is 19.0. The molecule has 0 spiro atoms. The first-order valence-electron chi connectivity index (χ1n) is 11.3. The van der Waals surface area contributed by atoms with Crippen molar-refractivity contribution < 1.29 is 14.6 Å². The molecule has 6 heteroatoms. The lowest BCUT2D eigenvalue weighted by Crippen LogP contribution is -2.49. The van der Waals surface area contributed by atoms with Gasteiger partial charge in [0.1, 0.15) is 18.5 Å². The average molecular weight is 436 g/mol. The molecule has 170 valence electrons. The Balaban J connectivity index is 1.38. The lowest BCUT2D eigenvalue weighted by molar-refractivity contribution is 0.0405. The van der Waals surface area contributed by atoms with Crippen LogP contribution in [0.5, 0.6) is 5.75 Å². The highest BCUT2D eigenvalue weighted by molar-refractivity contribution is 5.97. The van der Waals surface area contributed by atoms with Gasteiger partial charge in [-0.3, -0.25) is 14.8 Å². The normalized spacial score (nSPS) is 16.3. The van der Waals surface area contributed by atoms with E-state index in [-0.39, 0.29) is 6.61 Å². The van der Waals surface area contributed by atoms with Gasteiger partial charge in [0.05, 0.1) is 6.61 Å². The molecule has 0 aliphatic carbocycles. The van der Waals surface area contributed by atoms with E-state index in [0.29, 0.717) is 6.54 Å². The van der Waals surface area contributed by atoms with E-state index in [2.05, 4.69) is 39.0 Å². The third-order valence-electron chi connectivity index (χ3n) is 6.05. The second-order valence-corrected chi connectivity index (χ2v) is 8.48. The molecule has 6 nitrogen and oxygen atoms in total. The zero-order valence-corrected chi connectivity index (χ0v) is 19.0. The summed E-state index contributed by atoms with van der Waals surface area (Å²) in [6, 6.07) is 16.5. The number of methoxy groups -OCH3 is 1. The van der Waals surface area contributed by atoms with Gasteiger partial charge in [0.2, 0.25) is 0 Å². The third-order valence-corrected chi connectivity index (χ3v) is 6.05. The van der Waals surface area contributed by atoms with Crippen LogP contribution in [-0.4, -0.2) is 85.6 Å². The maximum atomic E-state index is 10.6. The van der Waals surface area contributed by atoms with Crippen molar-refractivity contribution in [1.82, 2.24) is 14.8 Å². The predicted octanol–water partition coefficient (Wildman–Crippen LogP) is 3.21. The quantitative estimate of drug-likeness (QED) is 0.557. The molecule has 0 saturated carbocycles. The van der Waals surface area contributed by atoms with Crippen LogP contribution in [0.1, 0.15) is 5.69 Å². The second kappa shape index (κ2) is 10.9. The molecule has 32 heavy (non-hydrogen) atoms. The van der Waals surface area contributed by atoms with Gasteiger partial charge in [-0.25, -0.2) is 0 Å². The molecule has 4 rings (SSSR count). The third kappa shape index (κ3) is 5.84. The fraction of sp³-hybridized carbons (Fsp3) is 0.423. The van der Waals surface area contributed by atoms with E-state index in [1.165, 1.54) is 0 Å². The Labute approximate surface area is 190 Å². The van der Waals surface area contributed by atoms with Gasteiger partial charge in [0.15, 0.2) is 0 Å². The number of rotatable bonds is 9. The van der Waals surface area contributed by atoms with Crippen LogP contribution in [0.4, 0.5) is 0 Å². The highest BCUT2D eigenvalue weighted by Gasteiger charge is 2.19. The van der Waals surface area contributed by atoms with Gasteiger partial charge in [-0.1, -0.05) is 30.3 Å². The molecule has 1 aliphatic heterocycles. The summed E-state index contributed by atoms with van der Waals surface area (Å²) in [5, 5.41) is 12.9. The molecule has 1 aromatic heterocycles. The lowest BCUT2D eigenvalue weighted by Gasteiger charge is -2.35. The van der Waals surface area contributed by atoms with Crippen LogP contribution in [0, 0.1) is 6.92 Å². The molecule has 1 unspecified atom stereocenters. The number of aliphatic hydroxyl groups excluding tert-OH is 1. The Kier molecular flexibility index (Phi) is 7.71. The topological polar surface area (TPSA) is 58.1 Å². The van der Waals surface area contributed by atoms with Crippen molar-refractivity contribution in [1.29, 1.82) is 0 Å². The molecule has 1 fully saturated rings. The minimum absolute atomic E-state index is 0.272. The number of piperazine rings is 1. The van der Waals surface area contributed by atoms with E-state index in [1.54, 1.807) is 7.11 Å². The fourth-order valence-corrected chi connectivity index (χ4v) is 4.19. The van der Waals surface area contributed by atoms with Crippen LogP contribution in [0.25, 0.3) is 21.9 Å². The second-order valence-electron chi connectivity index (χ2n) is 8.48. The van der Waals surface area contributed by atoms with Gasteiger partial charge >= 0.3 is 0 Å². The molecular weight excluding hydrogens is 402 g/mol. The number of aromatic nitrogens is 1. The summed E-state index contributed by atoms with van der Waals surface area (Å²) in [6.45, 7) is 8.56. The number of hydrogen-bond acceptors (Lipinski definition) is 6. The van der Waals surface area contributed by atoms with Crippen LogP contribution in [-0.2, 0) is 4.74 Å². The fourth-order valence-electron chi connectivity index (χ4n) is 4.19. The van der Waals surface area contributed by atoms with Crippen molar-refractivity contribution in [2.75, 3.05) is 59.6 Å². The standard InChI is InChI=1S/C26H33N3O3/c1-20-7-8-22(17-27-20)26-16-24(15-21-5-3-4-6-25(21)26)32-19-23(30)18-29-11-9-28(10-12-29)13-14-31-2/h3-8,15-17,23,30H,9-14,18-19H2,1-2H3. The number of fused-ring (bicyclic) bond motifs is 1. The molecule has 1 saturated heterocycles. The lowest BCUT2D eigenvalue weighted by atomic mass is 9.99. The number of benzene rings is 2. The monoisotopic (exact) mass is 435 g/mol. The molecule has 2 aromatic carbocycles. The number of β-amino-alcohol motifs (C(OH)–C–C–N with tert-alkyl or cyclic N) is 1. The molecule has 2 heterocycles. The maximum absolute atomic E-state index is 10.6. The molecular formula is C26H33N3O3. The van der Waals surface area contributed by atoms with E-state index >= 15 is 0 Å². The van der Waals surface area contributed by atoms with Crippen LogP contribution in [0.3, 0.4) is 0 Å². The van der Waals surface area contributed by atoms with E-state index in [4.69, 9.17) is 9.47 Å². The van der Waals surface area contributed by atoms with E-state index in [1.807, 2.05) is 37.4 Å². The van der Waals surface area contributed by atoms with Crippen molar-refractivity contribution in [2.45, 2.75) is 13.0 Å². The first-order chi connectivity index (χ1) is 15.6. The Morgan fingerprint density at radius 1 is 1.03 bits per heavy atom. The van der Waals surface area contributed by atoms with Gasteiger partial charge < -0.3 is 14.6 Å². The summed E-state index contributed by atoms with van der Waals surface area (Å²) in [6.07, 6.45) is 1.37. The van der Waals surface area contributed by atoms with Crippen LogP contribution in [0.2, 0.25) is 0 Å². The SMILES string of the molecule is COCCN1CCN(CC(O)COc2cc(-c3ccc(C)nc3)c3ccccc3c2)CC1. The molecule has 0 bridgehead atoms. The summed E-state index contributed by atoms with van der Waals surface area (Å²) in [7, 11) is 1.74. The van der Waals surface area contributed by atoms with Crippen molar-refractivity contribution >= 4 is 10.8 Å².